The van der Waals surface area contributed by atoms with E-state index in [1.807, 2.05) is 0 Å². The van der Waals surface area contributed by atoms with Crippen molar-refractivity contribution in [3.8, 4) is 24.0 Å². The van der Waals surface area contributed by atoms with Gasteiger partial charge >= 0.3 is 12.4 Å². The lowest BCUT2D eigenvalue weighted by atomic mass is 10.0. The van der Waals surface area contributed by atoms with Gasteiger partial charge in [0.15, 0.2) is 11.2 Å². The number of aliphatic hydroxyl groups is 2. The molecule has 3 rings (SSSR count). The lowest BCUT2D eigenvalue weighted by molar-refractivity contribution is -0.139. The summed E-state index contributed by atoms with van der Waals surface area (Å²) in [5, 5.41) is 47.2. The van der Waals surface area contributed by atoms with E-state index in [9.17, 15) is 46.1 Å². The number of nitrogens with zero attached hydrogens (tertiary/aromatic N) is 4. The summed E-state index contributed by atoms with van der Waals surface area (Å²) in [6.45, 7) is 1.23. The van der Waals surface area contributed by atoms with Crippen molar-refractivity contribution in [2.45, 2.75) is 50.4 Å². The monoisotopic (exact) mass is 676 g/mol. The molecule has 4 N–H and O–H groups in total. The number of hydrogen-bond donors (Lipinski definition) is 4. The fourth-order valence-electron chi connectivity index (χ4n) is 3.97. The number of hydrogen-bond acceptors (Lipinski definition) is 8. The number of alkyl halides is 6. The second-order valence-electron chi connectivity index (χ2n) is 10.7. The van der Waals surface area contributed by atoms with Crippen molar-refractivity contribution in [1.82, 2.24) is 9.78 Å². The van der Waals surface area contributed by atoms with Crippen molar-refractivity contribution in [2.75, 3.05) is 23.8 Å². The Bertz CT molecular complexity index is 1820. The van der Waals surface area contributed by atoms with Crippen LogP contribution >= 0.6 is 0 Å². The molecule has 2 amide bonds. The number of carbonyl (C=O) groups excluding carboxylic acids is 2. The highest BCUT2D eigenvalue weighted by atomic mass is 19.4. The maximum atomic E-state index is 13.2. The number of halogens is 6. The van der Waals surface area contributed by atoms with Crippen LogP contribution in [0.3, 0.4) is 0 Å². The van der Waals surface area contributed by atoms with Crippen molar-refractivity contribution >= 4 is 23.2 Å². The number of amides is 2. The van der Waals surface area contributed by atoms with E-state index in [1.165, 1.54) is 29.2 Å². The summed E-state index contributed by atoms with van der Waals surface area (Å²) in [7, 11) is 0. The SMILES string of the molecule is CC(O)(COCCC#Cc1cnn(CC(C)(O)C(=O)Nc2ccc(C#N)c(C(F)(F)F)c2)c1)C(=O)Nc1ccc(C#N)c(C(F)(F)F)c1. The van der Waals surface area contributed by atoms with E-state index in [2.05, 4.69) is 27.6 Å². The predicted octanol–water partition coefficient (Wildman–Crippen LogP) is 4.20. The van der Waals surface area contributed by atoms with Crippen LogP contribution in [0, 0.1) is 34.5 Å². The Morgan fingerprint density at radius 3 is 1.85 bits per heavy atom. The molecular weight excluding hydrogens is 650 g/mol. The molecule has 2 atom stereocenters. The third kappa shape index (κ3) is 9.80. The molecule has 0 saturated carbocycles. The number of ether oxygens (including phenoxy) is 1. The van der Waals surface area contributed by atoms with Gasteiger partial charge < -0.3 is 25.6 Å². The number of nitriles is 2. The Labute approximate surface area is 269 Å². The van der Waals surface area contributed by atoms with Gasteiger partial charge in [-0.05, 0) is 50.2 Å². The van der Waals surface area contributed by atoms with E-state index < -0.39 is 70.8 Å². The first kappa shape index (κ1) is 37.1. The number of anilines is 2. The topological polar surface area (TPSA) is 173 Å². The summed E-state index contributed by atoms with van der Waals surface area (Å²) < 4.78 is 85.7. The normalized spacial score (nSPS) is 13.9. The van der Waals surface area contributed by atoms with Gasteiger partial charge in [0.1, 0.15) is 0 Å². The summed E-state index contributed by atoms with van der Waals surface area (Å²) in [4.78, 5) is 25.1. The highest BCUT2D eigenvalue weighted by molar-refractivity contribution is 5.97. The van der Waals surface area contributed by atoms with Crippen LogP contribution in [-0.4, -0.2) is 56.2 Å². The summed E-state index contributed by atoms with van der Waals surface area (Å²) in [6.07, 6.45) is -6.86. The van der Waals surface area contributed by atoms with Crippen molar-refractivity contribution in [2.24, 2.45) is 0 Å². The van der Waals surface area contributed by atoms with Crippen LogP contribution in [0.4, 0.5) is 37.7 Å². The third-order valence-corrected chi connectivity index (χ3v) is 6.48. The molecule has 3 aromatic rings. The van der Waals surface area contributed by atoms with Gasteiger partial charge in [-0.25, -0.2) is 0 Å². The summed E-state index contributed by atoms with van der Waals surface area (Å²) in [5.41, 5.74) is -8.22. The summed E-state index contributed by atoms with van der Waals surface area (Å²) in [5.74, 6) is 3.41. The highest BCUT2D eigenvalue weighted by Crippen LogP contribution is 2.35. The van der Waals surface area contributed by atoms with Gasteiger partial charge in [-0.3, -0.25) is 14.3 Å². The third-order valence-electron chi connectivity index (χ3n) is 6.48. The molecule has 1 aromatic heterocycles. The molecule has 1 heterocycles. The van der Waals surface area contributed by atoms with Crippen LogP contribution in [-0.2, 0) is 33.2 Å². The van der Waals surface area contributed by atoms with Crippen LogP contribution in [0.25, 0.3) is 0 Å². The minimum atomic E-state index is -4.84. The van der Waals surface area contributed by atoms with Gasteiger partial charge in [-0.2, -0.15) is 42.0 Å². The lowest BCUT2D eigenvalue weighted by Gasteiger charge is -2.22. The van der Waals surface area contributed by atoms with Gasteiger partial charge in [0.05, 0.1) is 65.9 Å². The van der Waals surface area contributed by atoms with Crippen LogP contribution in [0.2, 0.25) is 0 Å². The van der Waals surface area contributed by atoms with Crippen molar-refractivity contribution in [3.05, 3.63) is 76.6 Å². The number of aromatic nitrogens is 2. The summed E-state index contributed by atoms with van der Waals surface area (Å²) in [6, 6.07) is 7.98. The zero-order valence-electron chi connectivity index (χ0n) is 25.1. The molecule has 0 bridgehead atoms. The number of benzene rings is 2. The molecule has 0 spiro atoms. The Kier molecular flexibility index (Phi) is 11.2. The second kappa shape index (κ2) is 14.6. The quantitative estimate of drug-likeness (QED) is 0.141. The first-order chi connectivity index (χ1) is 22.3. The fraction of sp³-hybridized carbons (Fsp3) is 0.323. The van der Waals surface area contributed by atoms with Crippen LogP contribution in [0.15, 0.2) is 48.8 Å². The van der Waals surface area contributed by atoms with E-state index in [1.54, 1.807) is 0 Å². The van der Waals surface area contributed by atoms with E-state index in [0.29, 0.717) is 17.7 Å². The number of rotatable bonds is 10. The Hall–Kier alpha value is -5.41. The predicted molar refractivity (Wildman–Crippen MR) is 155 cm³/mol. The lowest BCUT2D eigenvalue weighted by Crippen LogP contribution is -2.44. The van der Waals surface area contributed by atoms with Gasteiger partial charge in [0.25, 0.3) is 11.8 Å². The first-order valence-corrected chi connectivity index (χ1v) is 13.7. The first-order valence-electron chi connectivity index (χ1n) is 13.7. The van der Waals surface area contributed by atoms with E-state index in [4.69, 9.17) is 15.3 Å². The molecular formula is C31H26F6N6O5. The minimum absolute atomic E-state index is 0.0556. The van der Waals surface area contributed by atoms with Crippen molar-refractivity contribution in [1.29, 1.82) is 10.5 Å². The van der Waals surface area contributed by atoms with E-state index >= 15 is 0 Å². The Morgan fingerprint density at radius 1 is 0.875 bits per heavy atom. The molecule has 48 heavy (non-hydrogen) atoms. The zero-order valence-corrected chi connectivity index (χ0v) is 25.1. The van der Waals surface area contributed by atoms with Gasteiger partial charge in [0.2, 0.25) is 0 Å². The van der Waals surface area contributed by atoms with E-state index in [-0.39, 0.29) is 24.4 Å². The molecule has 0 saturated heterocycles. The highest BCUT2D eigenvalue weighted by Gasteiger charge is 2.37. The van der Waals surface area contributed by atoms with Crippen molar-refractivity contribution in [3.63, 3.8) is 0 Å². The Morgan fingerprint density at radius 2 is 1.38 bits per heavy atom. The number of carbonyl (C=O) groups is 2. The van der Waals surface area contributed by atoms with Crippen molar-refractivity contribution < 1.29 is 50.9 Å². The minimum Gasteiger partial charge on any atom is -0.378 e. The Balaban J connectivity index is 1.50. The van der Waals surface area contributed by atoms with Crippen LogP contribution in [0.1, 0.15) is 48.1 Å². The molecule has 0 aliphatic rings. The average Bonchev–Trinajstić information content (AvgIpc) is 3.44. The maximum Gasteiger partial charge on any atom is 0.417 e. The van der Waals surface area contributed by atoms with E-state index in [0.717, 1.165) is 38.1 Å². The standard InChI is InChI=1S/C31H26F6N6O5/c1-28(46,26(44)41-22-8-6-20(13-38)24(11-22)30(32,33)34)17-43-16-19(15-40-43)5-3-4-10-48-18-29(2,47)27(45)42-23-9-7-21(14-39)25(12-23)31(35,36)37/h6-9,11-12,15-16,46-47H,4,10,17-18H2,1-2H3,(H,41,44)(H,42,45). The molecule has 2 unspecified atom stereocenters. The molecule has 11 nitrogen and oxygen atoms in total. The molecule has 2 aromatic carbocycles. The van der Waals surface area contributed by atoms with Crippen LogP contribution < -0.4 is 10.6 Å². The van der Waals surface area contributed by atoms with Crippen LogP contribution in [0.5, 0.6) is 0 Å². The zero-order chi connectivity index (χ0) is 35.9. The van der Waals surface area contributed by atoms with Gasteiger partial charge in [-0.15, -0.1) is 0 Å². The number of nitrogens with one attached hydrogen (secondary N) is 2. The smallest absolute Gasteiger partial charge is 0.378 e. The summed E-state index contributed by atoms with van der Waals surface area (Å²) >= 11 is 0. The van der Waals surface area contributed by atoms with Gasteiger partial charge in [-0.1, -0.05) is 11.8 Å². The largest absolute Gasteiger partial charge is 0.417 e. The molecule has 0 fully saturated rings. The van der Waals surface area contributed by atoms with Gasteiger partial charge in [0, 0.05) is 24.0 Å². The maximum absolute atomic E-state index is 13.2. The molecule has 252 valence electrons. The second-order valence-corrected chi connectivity index (χ2v) is 10.7. The average molecular weight is 677 g/mol. The molecule has 17 heteroatoms. The molecule has 0 aliphatic heterocycles. The molecule has 0 radical (unpaired) electrons. The molecule has 0 aliphatic carbocycles. The fourth-order valence-corrected chi connectivity index (χ4v) is 3.97.